The fourth-order valence-corrected chi connectivity index (χ4v) is 2.39. The molecule has 1 aliphatic heterocycles. The van der Waals surface area contributed by atoms with Crippen molar-refractivity contribution >= 4 is 5.91 Å². The fourth-order valence-electron chi connectivity index (χ4n) is 2.39. The van der Waals surface area contributed by atoms with Gasteiger partial charge in [0, 0.05) is 13.1 Å². The second-order valence-electron chi connectivity index (χ2n) is 4.69. The first-order chi connectivity index (χ1) is 8.13. The molecule has 2 N–H and O–H groups in total. The average Bonchev–Trinajstić information content (AvgIpc) is 2.68. The zero-order chi connectivity index (χ0) is 12.4. The maximum absolute atomic E-state index is 12.3. The summed E-state index contributed by atoms with van der Waals surface area (Å²) < 4.78 is 5.04. The molecule has 1 atom stereocenters. The summed E-state index contributed by atoms with van der Waals surface area (Å²) in [5, 5.41) is 3.82. The first kappa shape index (κ1) is 12.1. The topological polar surface area (TPSA) is 72.4 Å². The van der Waals surface area contributed by atoms with E-state index in [0.717, 1.165) is 25.9 Å². The van der Waals surface area contributed by atoms with Crippen LogP contribution >= 0.6 is 0 Å². The van der Waals surface area contributed by atoms with E-state index in [1.54, 1.807) is 13.8 Å². The lowest BCUT2D eigenvalue weighted by molar-refractivity contribution is 0.0676. The number of aryl methyl sites for hydroxylation is 2. The van der Waals surface area contributed by atoms with Gasteiger partial charge in [0.25, 0.3) is 5.91 Å². The number of hydrogen-bond donors (Lipinski definition) is 1. The van der Waals surface area contributed by atoms with Crippen LogP contribution in [0, 0.1) is 19.8 Å². The molecule has 1 aromatic heterocycles. The Kier molecular flexibility index (Phi) is 3.47. The molecule has 0 spiro atoms. The maximum Gasteiger partial charge on any atom is 0.259 e. The summed E-state index contributed by atoms with van der Waals surface area (Å²) in [5.74, 6) is 1.05. The Balaban J connectivity index is 2.15. The van der Waals surface area contributed by atoms with Crippen LogP contribution in [-0.4, -0.2) is 35.6 Å². The Bertz CT molecular complexity index is 394. The largest absolute Gasteiger partial charge is 0.361 e. The van der Waals surface area contributed by atoms with Gasteiger partial charge in [-0.2, -0.15) is 0 Å². The number of amides is 1. The molecular formula is C12H19N3O2. The molecule has 5 heteroatoms. The molecule has 0 bridgehead atoms. The van der Waals surface area contributed by atoms with Gasteiger partial charge in [0.2, 0.25) is 0 Å². The molecule has 0 radical (unpaired) electrons. The van der Waals surface area contributed by atoms with E-state index in [4.69, 9.17) is 10.3 Å². The van der Waals surface area contributed by atoms with Gasteiger partial charge in [0.15, 0.2) is 0 Å². The number of nitrogens with two attached hydrogens (primary N) is 1. The third-order valence-electron chi connectivity index (χ3n) is 3.39. The number of carbonyl (C=O) groups is 1. The van der Waals surface area contributed by atoms with Crippen molar-refractivity contribution in [3.05, 3.63) is 17.0 Å². The highest BCUT2D eigenvalue weighted by atomic mass is 16.5. The molecular weight excluding hydrogens is 218 g/mol. The number of carbonyl (C=O) groups excluding carboxylic acids is 1. The van der Waals surface area contributed by atoms with Gasteiger partial charge in [-0.05, 0) is 39.2 Å². The maximum atomic E-state index is 12.3. The Hall–Kier alpha value is -1.36. The highest BCUT2D eigenvalue weighted by Gasteiger charge is 2.27. The van der Waals surface area contributed by atoms with Gasteiger partial charge in [0.05, 0.1) is 5.69 Å². The standard InChI is InChI=1S/C12H19N3O2/c1-8-11(9(2)17-14-8)12(16)15-5-3-4-10(6-13)7-15/h10H,3-7,13H2,1-2H3. The van der Waals surface area contributed by atoms with Gasteiger partial charge in [-0.3, -0.25) is 4.79 Å². The van der Waals surface area contributed by atoms with Gasteiger partial charge in [-0.15, -0.1) is 0 Å². The van der Waals surface area contributed by atoms with Crippen molar-refractivity contribution in [3.63, 3.8) is 0 Å². The number of nitrogens with zero attached hydrogens (tertiary/aromatic N) is 2. The molecule has 0 saturated carbocycles. The van der Waals surface area contributed by atoms with Crippen LogP contribution < -0.4 is 5.73 Å². The number of aromatic nitrogens is 1. The van der Waals surface area contributed by atoms with E-state index in [1.807, 2.05) is 4.90 Å². The van der Waals surface area contributed by atoms with Gasteiger partial charge in [0.1, 0.15) is 11.3 Å². The highest BCUT2D eigenvalue weighted by molar-refractivity contribution is 5.96. The van der Waals surface area contributed by atoms with Gasteiger partial charge in [-0.1, -0.05) is 5.16 Å². The van der Waals surface area contributed by atoms with Gasteiger partial charge >= 0.3 is 0 Å². The first-order valence-corrected chi connectivity index (χ1v) is 6.05. The minimum Gasteiger partial charge on any atom is -0.361 e. The van der Waals surface area contributed by atoms with E-state index in [9.17, 15) is 4.79 Å². The van der Waals surface area contributed by atoms with Crippen LogP contribution in [0.5, 0.6) is 0 Å². The molecule has 2 rings (SSSR count). The molecule has 1 aromatic rings. The Morgan fingerprint density at radius 3 is 2.94 bits per heavy atom. The van der Waals surface area contributed by atoms with E-state index in [0.29, 0.717) is 29.5 Å². The first-order valence-electron chi connectivity index (χ1n) is 6.05. The molecule has 1 amide bonds. The molecule has 17 heavy (non-hydrogen) atoms. The average molecular weight is 237 g/mol. The molecule has 94 valence electrons. The molecule has 2 heterocycles. The zero-order valence-electron chi connectivity index (χ0n) is 10.4. The lowest BCUT2D eigenvalue weighted by Gasteiger charge is -2.32. The van der Waals surface area contributed by atoms with E-state index in [2.05, 4.69) is 5.16 Å². The lowest BCUT2D eigenvalue weighted by Crippen LogP contribution is -2.42. The number of hydrogen-bond acceptors (Lipinski definition) is 4. The second-order valence-corrected chi connectivity index (χ2v) is 4.69. The summed E-state index contributed by atoms with van der Waals surface area (Å²) in [4.78, 5) is 14.2. The number of piperidine rings is 1. The smallest absolute Gasteiger partial charge is 0.259 e. The van der Waals surface area contributed by atoms with Crippen molar-refractivity contribution in [2.45, 2.75) is 26.7 Å². The van der Waals surface area contributed by atoms with Crippen molar-refractivity contribution in [1.29, 1.82) is 0 Å². The molecule has 0 aliphatic carbocycles. The Morgan fingerprint density at radius 1 is 1.59 bits per heavy atom. The van der Waals surface area contributed by atoms with E-state index in [1.165, 1.54) is 0 Å². The van der Waals surface area contributed by atoms with Crippen molar-refractivity contribution in [3.8, 4) is 0 Å². The monoisotopic (exact) mass is 237 g/mol. The normalized spacial score (nSPS) is 20.6. The summed E-state index contributed by atoms with van der Waals surface area (Å²) in [6.07, 6.45) is 2.14. The summed E-state index contributed by atoms with van der Waals surface area (Å²) in [5.41, 5.74) is 6.96. The van der Waals surface area contributed by atoms with Crippen molar-refractivity contribution < 1.29 is 9.32 Å². The molecule has 1 aliphatic rings. The van der Waals surface area contributed by atoms with Crippen LogP contribution in [0.25, 0.3) is 0 Å². The SMILES string of the molecule is Cc1noc(C)c1C(=O)N1CCCC(CN)C1. The summed E-state index contributed by atoms with van der Waals surface area (Å²) in [6.45, 7) is 5.77. The third kappa shape index (κ3) is 2.34. The van der Waals surface area contributed by atoms with Crippen LogP contribution in [0.4, 0.5) is 0 Å². The predicted molar refractivity (Wildman–Crippen MR) is 63.7 cm³/mol. The zero-order valence-corrected chi connectivity index (χ0v) is 10.4. The Morgan fingerprint density at radius 2 is 2.35 bits per heavy atom. The second kappa shape index (κ2) is 4.87. The number of rotatable bonds is 2. The van der Waals surface area contributed by atoms with Crippen molar-refractivity contribution in [2.24, 2.45) is 11.7 Å². The summed E-state index contributed by atoms with van der Waals surface area (Å²) in [6, 6.07) is 0. The van der Waals surface area contributed by atoms with Crippen LogP contribution in [0.2, 0.25) is 0 Å². The minimum atomic E-state index is 0.0272. The van der Waals surface area contributed by atoms with Crippen LogP contribution in [0.15, 0.2) is 4.52 Å². The van der Waals surface area contributed by atoms with Crippen molar-refractivity contribution in [2.75, 3.05) is 19.6 Å². The van der Waals surface area contributed by atoms with Crippen LogP contribution in [-0.2, 0) is 0 Å². The summed E-state index contributed by atoms with van der Waals surface area (Å²) >= 11 is 0. The van der Waals surface area contributed by atoms with Gasteiger partial charge in [-0.25, -0.2) is 0 Å². The molecule has 1 unspecified atom stereocenters. The molecule has 5 nitrogen and oxygen atoms in total. The summed E-state index contributed by atoms with van der Waals surface area (Å²) in [7, 11) is 0. The van der Waals surface area contributed by atoms with E-state index in [-0.39, 0.29) is 5.91 Å². The van der Waals surface area contributed by atoms with Gasteiger partial charge < -0.3 is 15.2 Å². The van der Waals surface area contributed by atoms with Crippen LogP contribution in [0.1, 0.15) is 34.7 Å². The highest BCUT2D eigenvalue weighted by Crippen LogP contribution is 2.20. The lowest BCUT2D eigenvalue weighted by atomic mass is 9.97. The molecule has 1 fully saturated rings. The van der Waals surface area contributed by atoms with E-state index >= 15 is 0 Å². The minimum absolute atomic E-state index is 0.0272. The van der Waals surface area contributed by atoms with Crippen LogP contribution in [0.3, 0.4) is 0 Å². The fraction of sp³-hybridized carbons (Fsp3) is 0.667. The third-order valence-corrected chi connectivity index (χ3v) is 3.39. The van der Waals surface area contributed by atoms with Crippen molar-refractivity contribution in [1.82, 2.24) is 10.1 Å². The van der Waals surface area contributed by atoms with E-state index < -0.39 is 0 Å². The predicted octanol–water partition coefficient (Wildman–Crippen LogP) is 1.10. The molecule has 1 saturated heterocycles. The molecule has 0 aromatic carbocycles. The number of likely N-dealkylation sites (tertiary alicyclic amines) is 1. The Labute approximate surface area is 101 Å². The quantitative estimate of drug-likeness (QED) is 0.836.